The Morgan fingerprint density at radius 1 is 1.50 bits per heavy atom. The standard InChI is InChI=1S/C16H28N4OS/c1-12(11-22-16(2,3)4)17-13-7-6-9-20(15(13)21)14-8-10-19(5)18-14/h8,10,12-13,17H,6-7,9,11H2,1-5H3. The van der Waals surface area contributed by atoms with Crippen molar-refractivity contribution in [1.82, 2.24) is 15.1 Å². The van der Waals surface area contributed by atoms with E-state index in [1.165, 1.54) is 0 Å². The summed E-state index contributed by atoms with van der Waals surface area (Å²) in [4.78, 5) is 14.5. The van der Waals surface area contributed by atoms with Crippen LogP contribution in [-0.2, 0) is 11.8 Å². The van der Waals surface area contributed by atoms with Gasteiger partial charge in [0.1, 0.15) is 0 Å². The summed E-state index contributed by atoms with van der Waals surface area (Å²) in [6.07, 6.45) is 3.80. The maximum Gasteiger partial charge on any atom is 0.245 e. The zero-order valence-electron chi connectivity index (χ0n) is 14.3. The van der Waals surface area contributed by atoms with E-state index >= 15 is 0 Å². The Morgan fingerprint density at radius 3 is 2.82 bits per heavy atom. The Balaban J connectivity index is 1.92. The summed E-state index contributed by atoms with van der Waals surface area (Å²) in [7, 11) is 1.87. The third-order valence-corrected chi connectivity index (χ3v) is 5.20. The van der Waals surface area contributed by atoms with Gasteiger partial charge >= 0.3 is 0 Å². The first-order valence-electron chi connectivity index (χ1n) is 7.97. The number of hydrogen-bond acceptors (Lipinski definition) is 4. The van der Waals surface area contributed by atoms with Crippen LogP contribution in [0.1, 0.15) is 40.5 Å². The van der Waals surface area contributed by atoms with E-state index in [4.69, 9.17) is 0 Å². The molecule has 0 bridgehead atoms. The molecule has 0 aliphatic carbocycles. The van der Waals surface area contributed by atoms with Crippen LogP contribution in [0.5, 0.6) is 0 Å². The van der Waals surface area contributed by atoms with Gasteiger partial charge in [-0.15, -0.1) is 0 Å². The largest absolute Gasteiger partial charge is 0.303 e. The topological polar surface area (TPSA) is 50.2 Å². The van der Waals surface area contributed by atoms with Crippen LogP contribution >= 0.6 is 11.8 Å². The second-order valence-corrected chi connectivity index (χ2v) is 8.87. The van der Waals surface area contributed by atoms with E-state index in [2.05, 4.69) is 38.1 Å². The van der Waals surface area contributed by atoms with Gasteiger partial charge in [0.2, 0.25) is 5.91 Å². The zero-order valence-corrected chi connectivity index (χ0v) is 15.1. The SMILES string of the molecule is CC(CSC(C)(C)C)NC1CCCN(c2ccn(C)n2)C1=O. The molecule has 1 N–H and O–H groups in total. The third-order valence-electron chi connectivity index (χ3n) is 3.67. The summed E-state index contributed by atoms with van der Waals surface area (Å²) >= 11 is 1.93. The van der Waals surface area contributed by atoms with E-state index in [1.807, 2.05) is 36.0 Å². The molecule has 1 fully saturated rings. The van der Waals surface area contributed by atoms with Gasteiger partial charge in [-0.1, -0.05) is 20.8 Å². The molecular formula is C16H28N4OS. The van der Waals surface area contributed by atoms with E-state index < -0.39 is 0 Å². The maximum atomic E-state index is 12.7. The highest BCUT2D eigenvalue weighted by Gasteiger charge is 2.31. The average Bonchev–Trinajstić information content (AvgIpc) is 2.84. The molecule has 1 aliphatic heterocycles. The van der Waals surface area contributed by atoms with E-state index in [0.717, 1.165) is 31.0 Å². The molecule has 2 unspecified atom stereocenters. The number of nitrogens with one attached hydrogen (secondary N) is 1. The monoisotopic (exact) mass is 324 g/mol. The molecule has 22 heavy (non-hydrogen) atoms. The smallest absolute Gasteiger partial charge is 0.245 e. The Morgan fingerprint density at radius 2 is 2.23 bits per heavy atom. The summed E-state index contributed by atoms with van der Waals surface area (Å²) in [5.41, 5.74) is 0. The highest BCUT2D eigenvalue weighted by atomic mass is 32.2. The molecule has 5 nitrogen and oxygen atoms in total. The number of anilines is 1. The fourth-order valence-corrected chi connectivity index (χ4v) is 3.42. The third kappa shape index (κ3) is 4.74. The van der Waals surface area contributed by atoms with Crippen LogP contribution in [0.3, 0.4) is 0 Å². The predicted octanol–water partition coefficient (Wildman–Crippen LogP) is 2.43. The number of aryl methyl sites for hydroxylation is 1. The molecule has 0 spiro atoms. The normalized spacial score (nSPS) is 21.2. The van der Waals surface area contributed by atoms with Crippen molar-refractivity contribution in [3.8, 4) is 0 Å². The number of aromatic nitrogens is 2. The Labute approximate surface area is 137 Å². The second-order valence-electron chi connectivity index (χ2n) is 7.02. The van der Waals surface area contributed by atoms with E-state index in [9.17, 15) is 4.79 Å². The van der Waals surface area contributed by atoms with Crippen LogP contribution in [0.2, 0.25) is 0 Å². The van der Waals surface area contributed by atoms with Crippen LogP contribution in [0.4, 0.5) is 5.82 Å². The van der Waals surface area contributed by atoms with Crippen molar-refractivity contribution >= 4 is 23.5 Å². The van der Waals surface area contributed by atoms with Gasteiger partial charge in [0.25, 0.3) is 0 Å². The number of carbonyl (C=O) groups excluding carboxylic acids is 1. The number of hydrogen-bond donors (Lipinski definition) is 1. The number of carbonyl (C=O) groups is 1. The average molecular weight is 324 g/mol. The minimum absolute atomic E-state index is 0.0914. The van der Waals surface area contributed by atoms with E-state index in [0.29, 0.717) is 6.04 Å². The van der Waals surface area contributed by atoms with Crippen LogP contribution in [0.25, 0.3) is 0 Å². The highest BCUT2D eigenvalue weighted by molar-refractivity contribution is 8.00. The van der Waals surface area contributed by atoms with Crippen LogP contribution in [-0.4, -0.2) is 44.8 Å². The van der Waals surface area contributed by atoms with Gasteiger partial charge in [-0.25, -0.2) is 0 Å². The number of piperidine rings is 1. The first-order valence-corrected chi connectivity index (χ1v) is 8.96. The lowest BCUT2D eigenvalue weighted by Crippen LogP contribution is -2.53. The summed E-state index contributed by atoms with van der Waals surface area (Å²) in [6.45, 7) is 9.59. The first-order chi connectivity index (χ1) is 10.3. The molecule has 2 atom stereocenters. The quantitative estimate of drug-likeness (QED) is 0.904. The number of nitrogens with zero attached hydrogens (tertiary/aromatic N) is 3. The lowest BCUT2D eigenvalue weighted by atomic mass is 10.0. The molecule has 1 aromatic heterocycles. The Kier molecular flexibility index (Phi) is 5.55. The summed E-state index contributed by atoms with van der Waals surface area (Å²) < 4.78 is 1.99. The molecule has 0 aromatic carbocycles. The van der Waals surface area contributed by atoms with E-state index in [-0.39, 0.29) is 16.7 Å². The molecule has 1 aromatic rings. The molecule has 0 saturated carbocycles. The van der Waals surface area contributed by atoms with Gasteiger partial charge in [-0.3, -0.25) is 14.4 Å². The van der Waals surface area contributed by atoms with Crippen LogP contribution < -0.4 is 10.2 Å². The van der Waals surface area contributed by atoms with E-state index in [1.54, 1.807) is 4.68 Å². The van der Waals surface area contributed by atoms with Gasteiger partial charge in [-0.05, 0) is 19.8 Å². The molecule has 1 aliphatic rings. The molecular weight excluding hydrogens is 296 g/mol. The Bertz CT molecular complexity index is 508. The molecule has 2 heterocycles. The fraction of sp³-hybridized carbons (Fsp3) is 0.750. The van der Waals surface area contributed by atoms with Crippen molar-refractivity contribution in [2.75, 3.05) is 17.2 Å². The molecule has 1 saturated heterocycles. The van der Waals surface area contributed by atoms with Gasteiger partial charge in [0.05, 0.1) is 6.04 Å². The molecule has 2 rings (SSSR count). The fourth-order valence-electron chi connectivity index (χ4n) is 2.57. The molecule has 124 valence electrons. The molecule has 0 radical (unpaired) electrons. The minimum atomic E-state index is -0.0914. The minimum Gasteiger partial charge on any atom is -0.303 e. The van der Waals surface area contributed by atoms with Crippen molar-refractivity contribution in [2.24, 2.45) is 7.05 Å². The second kappa shape index (κ2) is 7.04. The summed E-state index contributed by atoms with van der Waals surface area (Å²) in [6, 6.07) is 2.13. The van der Waals surface area contributed by atoms with Crippen LogP contribution in [0.15, 0.2) is 12.3 Å². The predicted molar refractivity (Wildman–Crippen MR) is 93.4 cm³/mol. The van der Waals surface area contributed by atoms with Gasteiger partial charge in [0.15, 0.2) is 5.82 Å². The van der Waals surface area contributed by atoms with Crippen molar-refractivity contribution < 1.29 is 4.79 Å². The van der Waals surface area contributed by atoms with Crippen molar-refractivity contribution in [1.29, 1.82) is 0 Å². The lowest BCUT2D eigenvalue weighted by Gasteiger charge is -2.33. The molecule has 1 amide bonds. The Hall–Kier alpha value is -1.01. The highest BCUT2D eigenvalue weighted by Crippen LogP contribution is 2.24. The number of amides is 1. The van der Waals surface area contributed by atoms with Gasteiger partial charge < -0.3 is 5.32 Å². The first kappa shape index (κ1) is 17.3. The van der Waals surface area contributed by atoms with Crippen molar-refractivity contribution in [2.45, 2.75) is 57.4 Å². The number of thioether (sulfide) groups is 1. The van der Waals surface area contributed by atoms with Crippen LogP contribution in [0, 0.1) is 0 Å². The van der Waals surface area contributed by atoms with Gasteiger partial charge in [0, 0.05) is 42.4 Å². The summed E-state index contributed by atoms with van der Waals surface area (Å²) in [5, 5.41) is 7.86. The zero-order chi connectivity index (χ0) is 16.3. The molecule has 6 heteroatoms. The van der Waals surface area contributed by atoms with Gasteiger partial charge in [-0.2, -0.15) is 16.9 Å². The maximum absolute atomic E-state index is 12.7. The van der Waals surface area contributed by atoms with Crippen molar-refractivity contribution in [3.05, 3.63) is 12.3 Å². The number of rotatable bonds is 5. The summed E-state index contributed by atoms with van der Waals surface area (Å²) in [5.74, 6) is 1.92. The lowest BCUT2D eigenvalue weighted by molar-refractivity contribution is -0.122. The van der Waals surface area contributed by atoms with Crippen molar-refractivity contribution in [3.63, 3.8) is 0 Å².